The summed E-state index contributed by atoms with van der Waals surface area (Å²) in [6.45, 7) is 2.91. The van der Waals surface area contributed by atoms with E-state index in [0.717, 1.165) is 0 Å². The highest BCUT2D eigenvalue weighted by Crippen LogP contribution is 2.35. The maximum atomic E-state index is 13.7. The van der Waals surface area contributed by atoms with Crippen molar-refractivity contribution in [3.8, 4) is 0 Å². The summed E-state index contributed by atoms with van der Waals surface area (Å²) in [6.07, 6.45) is -4.06. The van der Waals surface area contributed by atoms with Crippen molar-refractivity contribution in [3.05, 3.63) is 35.6 Å². The first-order valence-electron chi connectivity index (χ1n) is 5.84. The average Bonchev–Trinajstić information content (AvgIpc) is 2.32. The van der Waals surface area contributed by atoms with E-state index in [-0.39, 0.29) is 5.56 Å². The summed E-state index contributed by atoms with van der Waals surface area (Å²) in [7, 11) is 0. The number of alkyl halides is 2. The SMILES string of the molecule is CC1(C)OC(c2ccccc2F)C(C(F)F)NC1=O. The summed E-state index contributed by atoms with van der Waals surface area (Å²) in [5, 5.41) is 2.20. The largest absolute Gasteiger partial charge is 0.355 e. The standard InChI is InChI=1S/C13H14F3NO2/c1-13(2)12(18)17-9(11(15)16)10(19-13)7-5-3-4-6-8(7)14/h3-6,9-11H,1-2H3,(H,17,18). The molecular formula is C13H14F3NO2. The first-order valence-corrected chi connectivity index (χ1v) is 5.84. The maximum absolute atomic E-state index is 13.7. The van der Waals surface area contributed by atoms with Crippen molar-refractivity contribution < 1.29 is 22.7 Å². The number of hydrogen-bond acceptors (Lipinski definition) is 2. The molecule has 3 nitrogen and oxygen atoms in total. The van der Waals surface area contributed by atoms with E-state index in [1.165, 1.54) is 38.1 Å². The monoisotopic (exact) mass is 273 g/mol. The van der Waals surface area contributed by atoms with Gasteiger partial charge in [0.15, 0.2) is 0 Å². The highest BCUT2D eigenvalue weighted by atomic mass is 19.3. The van der Waals surface area contributed by atoms with Crippen LogP contribution in [-0.2, 0) is 9.53 Å². The van der Waals surface area contributed by atoms with Gasteiger partial charge in [-0.05, 0) is 19.9 Å². The Hall–Kier alpha value is -1.56. The number of halogens is 3. The number of carbonyl (C=O) groups is 1. The number of amides is 1. The van der Waals surface area contributed by atoms with Crippen LogP contribution in [-0.4, -0.2) is 24.0 Å². The second kappa shape index (κ2) is 4.85. The number of ether oxygens (including phenoxy) is 1. The van der Waals surface area contributed by atoms with Crippen molar-refractivity contribution >= 4 is 5.91 Å². The molecule has 1 heterocycles. The Morgan fingerprint density at radius 3 is 2.53 bits per heavy atom. The molecule has 0 aromatic heterocycles. The lowest BCUT2D eigenvalue weighted by Crippen LogP contribution is -2.59. The molecule has 0 radical (unpaired) electrons. The fraction of sp³-hybridized carbons (Fsp3) is 0.462. The Kier molecular flexibility index (Phi) is 3.54. The summed E-state index contributed by atoms with van der Waals surface area (Å²) in [5.74, 6) is -1.27. The third-order valence-electron chi connectivity index (χ3n) is 3.08. The smallest absolute Gasteiger partial charge is 0.261 e. The predicted molar refractivity (Wildman–Crippen MR) is 62.2 cm³/mol. The molecule has 2 unspecified atom stereocenters. The summed E-state index contributed by atoms with van der Waals surface area (Å²) < 4.78 is 45.1. The van der Waals surface area contributed by atoms with Gasteiger partial charge in [-0.1, -0.05) is 18.2 Å². The number of morpholine rings is 1. The van der Waals surface area contributed by atoms with Gasteiger partial charge < -0.3 is 10.1 Å². The lowest BCUT2D eigenvalue weighted by Gasteiger charge is -2.40. The fourth-order valence-electron chi connectivity index (χ4n) is 2.00. The minimum Gasteiger partial charge on any atom is -0.355 e. The van der Waals surface area contributed by atoms with Crippen LogP contribution in [0.15, 0.2) is 24.3 Å². The average molecular weight is 273 g/mol. The van der Waals surface area contributed by atoms with Crippen LogP contribution in [0.3, 0.4) is 0 Å². The first-order chi connectivity index (χ1) is 8.83. The van der Waals surface area contributed by atoms with Gasteiger partial charge in [0.25, 0.3) is 12.3 Å². The van der Waals surface area contributed by atoms with Gasteiger partial charge in [0.2, 0.25) is 0 Å². The molecule has 1 aliphatic heterocycles. The molecule has 2 rings (SSSR count). The molecule has 19 heavy (non-hydrogen) atoms. The summed E-state index contributed by atoms with van der Waals surface area (Å²) in [6, 6.07) is 3.99. The Balaban J connectivity index is 2.40. The van der Waals surface area contributed by atoms with Gasteiger partial charge in [-0.3, -0.25) is 4.79 Å². The molecule has 1 N–H and O–H groups in total. The quantitative estimate of drug-likeness (QED) is 0.898. The first kappa shape index (κ1) is 13.9. The fourth-order valence-corrected chi connectivity index (χ4v) is 2.00. The van der Waals surface area contributed by atoms with E-state index in [9.17, 15) is 18.0 Å². The Labute approximate surface area is 108 Å². The van der Waals surface area contributed by atoms with Crippen LogP contribution in [0.2, 0.25) is 0 Å². The molecule has 1 amide bonds. The van der Waals surface area contributed by atoms with Crippen molar-refractivity contribution in [2.75, 3.05) is 0 Å². The molecule has 0 spiro atoms. The zero-order valence-corrected chi connectivity index (χ0v) is 10.5. The van der Waals surface area contributed by atoms with Crippen molar-refractivity contribution in [2.24, 2.45) is 0 Å². The zero-order chi connectivity index (χ0) is 14.2. The molecular weight excluding hydrogens is 259 g/mol. The van der Waals surface area contributed by atoms with Gasteiger partial charge >= 0.3 is 0 Å². The van der Waals surface area contributed by atoms with Crippen LogP contribution in [0.5, 0.6) is 0 Å². The van der Waals surface area contributed by atoms with E-state index in [1.54, 1.807) is 0 Å². The van der Waals surface area contributed by atoms with Gasteiger partial charge in [0.1, 0.15) is 23.6 Å². The van der Waals surface area contributed by atoms with E-state index in [0.29, 0.717) is 0 Å². The van der Waals surface area contributed by atoms with Gasteiger partial charge in [-0.25, -0.2) is 13.2 Å². The molecule has 2 atom stereocenters. The summed E-state index contributed by atoms with van der Waals surface area (Å²) >= 11 is 0. The van der Waals surface area contributed by atoms with Gasteiger partial charge in [0.05, 0.1) is 0 Å². The number of hydrogen-bond donors (Lipinski definition) is 1. The van der Waals surface area contributed by atoms with E-state index >= 15 is 0 Å². The molecule has 1 saturated heterocycles. The van der Waals surface area contributed by atoms with Crippen LogP contribution in [0.25, 0.3) is 0 Å². The molecule has 1 aromatic carbocycles. The normalized spacial score (nSPS) is 26.3. The van der Waals surface area contributed by atoms with Crippen LogP contribution in [0, 0.1) is 5.82 Å². The second-order valence-corrected chi connectivity index (χ2v) is 4.90. The predicted octanol–water partition coefficient (Wildman–Crippen LogP) is 2.43. The number of nitrogens with one attached hydrogen (secondary N) is 1. The third-order valence-corrected chi connectivity index (χ3v) is 3.08. The molecule has 0 saturated carbocycles. The Morgan fingerprint density at radius 2 is 1.95 bits per heavy atom. The van der Waals surface area contributed by atoms with Crippen LogP contribution >= 0.6 is 0 Å². The van der Waals surface area contributed by atoms with E-state index in [1.807, 2.05) is 0 Å². The highest BCUT2D eigenvalue weighted by molar-refractivity contribution is 5.85. The zero-order valence-electron chi connectivity index (χ0n) is 10.5. The lowest BCUT2D eigenvalue weighted by molar-refractivity contribution is -0.176. The van der Waals surface area contributed by atoms with Crippen LogP contribution in [0.1, 0.15) is 25.5 Å². The van der Waals surface area contributed by atoms with Crippen molar-refractivity contribution in [1.29, 1.82) is 0 Å². The number of benzene rings is 1. The summed E-state index contributed by atoms with van der Waals surface area (Å²) in [5.41, 5.74) is -1.26. The third kappa shape index (κ3) is 2.58. The molecule has 1 aliphatic rings. The minimum atomic E-state index is -2.84. The van der Waals surface area contributed by atoms with E-state index < -0.39 is 35.9 Å². The molecule has 6 heteroatoms. The Morgan fingerprint density at radius 1 is 1.32 bits per heavy atom. The van der Waals surface area contributed by atoms with Crippen molar-refractivity contribution in [1.82, 2.24) is 5.32 Å². The lowest BCUT2D eigenvalue weighted by atomic mass is 9.95. The van der Waals surface area contributed by atoms with Gasteiger partial charge in [-0.15, -0.1) is 0 Å². The second-order valence-electron chi connectivity index (χ2n) is 4.90. The molecule has 1 fully saturated rings. The van der Waals surface area contributed by atoms with Crippen molar-refractivity contribution in [3.63, 3.8) is 0 Å². The number of carbonyl (C=O) groups excluding carboxylic acids is 1. The number of rotatable bonds is 2. The summed E-state index contributed by atoms with van der Waals surface area (Å²) in [4.78, 5) is 11.6. The van der Waals surface area contributed by atoms with Gasteiger partial charge in [-0.2, -0.15) is 0 Å². The molecule has 0 bridgehead atoms. The molecule has 1 aromatic rings. The van der Waals surface area contributed by atoms with Crippen LogP contribution in [0.4, 0.5) is 13.2 Å². The van der Waals surface area contributed by atoms with E-state index in [2.05, 4.69) is 5.32 Å². The molecule has 104 valence electrons. The highest BCUT2D eigenvalue weighted by Gasteiger charge is 2.46. The molecule has 0 aliphatic carbocycles. The van der Waals surface area contributed by atoms with Crippen LogP contribution < -0.4 is 5.32 Å². The van der Waals surface area contributed by atoms with E-state index in [4.69, 9.17) is 4.74 Å². The topological polar surface area (TPSA) is 38.3 Å². The maximum Gasteiger partial charge on any atom is 0.261 e. The minimum absolute atomic E-state index is 0.0147. The van der Waals surface area contributed by atoms with Crippen molar-refractivity contribution in [2.45, 2.75) is 38.0 Å². The Bertz CT molecular complexity index is 491. The van der Waals surface area contributed by atoms with Gasteiger partial charge in [0, 0.05) is 5.56 Å².